The Morgan fingerprint density at radius 2 is 2.00 bits per heavy atom. The van der Waals surface area contributed by atoms with Crippen LogP contribution >= 0.6 is 0 Å². The molecule has 1 fully saturated rings. The molecule has 0 radical (unpaired) electrons. The SMILES string of the molecule is CCC(=O)N1CCN(c2ccc(F)cc2OC)CC1. The molecule has 0 atom stereocenters. The Morgan fingerprint density at radius 3 is 2.58 bits per heavy atom. The number of amides is 1. The number of anilines is 1. The van der Waals surface area contributed by atoms with Gasteiger partial charge >= 0.3 is 0 Å². The first kappa shape index (κ1) is 13.6. The van der Waals surface area contributed by atoms with Gasteiger partial charge in [0, 0.05) is 38.7 Å². The van der Waals surface area contributed by atoms with Gasteiger partial charge in [-0.2, -0.15) is 0 Å². The number of carbonyl (C=O) groups excluding carboxylic acids is 1. The molecule has 1 aromatic carbocycles. The summed E-state index contributed by atoms with van der Waals surface area (Å²) < 4.78 is 18.4. The second-order valence-electron chi connectivity index (χ2n) is 4.54. The van der Waals surface area contributed by atoms with E-state index in [1.54, 1.807) is 6.07 Å². The van der Waals surface area contributed by atoms with Crippen molar-refractivity contribution < 1.29 is 13.9 Å². The van der Waals surface area contributed by atoms with Crippen LogP contribution in [0.5, 0.6) is 5.75 Å². The predicted octanol–water partition coefficient (Wildman–Crippen LogP) is 1.89. The highest BCUT2D eigenvalue weighted by molar-refractivity contribution is 5.76. The third kappa shape index (κ3) is 2.97. The standard InChI is InChI=1S/C14H19FN2O2/c1-3-14(18)17-8-6-16(7-9-17)12-5-4-11(15)10-13(12)19-2/h4-5,10H,3,6-9H2,1-2H3. The number of halogens is 1. The van der Waals surface area contributed by atoms with Crippen molar-refractivity contribution in [3.05, 3.63) is 24.0 Å². The van der Waals surface area contributed by atoms with Crippen molar-refractivity contribution in [3.63, 3.8) is 0 Å². The molecule has 1 aromatic rings. The number of hydrogen-bond acceptors (Lipinski definition) is 3. The van der Waals surface area contributed by atoms with Crippen LogP contribution in [0.1, 0.15) is 13.3 Å². The molecule has 1 saturated heterocycles. The van der Waals surface area contributed by atoms with Crippen LogP contribution in [0.25, 0.3) is 0 Å². The molecular formula is C14H19FN2O2. The molecule has 19 heavy (non-hydrogen) atoms. The summed E-state index contributed by atoms with van der Waals surface area (Å²) >= 11 is 0. The number of benzene rings is 1. The fraction of sp³-hybridized carbons (Fsp3) is 0.500. The summed E-state index contributed by atoms with van der Waals surface area (Å²) in [5.41, 5.74) is 0.882. The Kier molecular flexibility index (Phi) is 4.24. The van der Waals surface area contributed by atoms with E-state index in [1.807, 2.05) is 11.8 Å². The zero-order valence-corrected chi connectivity index (χ0v) is 11.4. The Balaban J connectivity index is 2.07. The van der Waals surface area contributed by atoms with E-state index in [2.05, 4.69) is 4.90 Å². The van der Waals surface area contributed by atoms with Crippen LogP contribution in [0.4, 0.5) is 10.1 Å². The van der Waals surface area contributed by atoms with Gasteiger partial charge in [0.15, 0.2) is 0 Å². The van der Waals surface area contributed by atoms with Crippen molar-refractivity contribution >= 4 is 11.6 Å². The van der Waals surface area contributed by atoms with Crippen LogP contribution in [-0.2, 0) is 4.79 Å². The second kappa shape index (κ2) is 5.91. The van der Waals surface area contributed by atoms with Gasteiger partial charge in [0.1, 0.15) is 11.6 Å². The normalized spacial score (nSPS) is 15.5. The number of rotatable bonds is 3. The minimum atomic E-state index is -0.305. The van der Waals surface area contributed by atoms with Gasteiger partial charge in [0.2, 0.25) is 5.91 Å². The van der Waals surface area contributed by atoms with Crippen molar-refractivity contribution in [1.29, 1.82) is 0 Å². The quantitative estimate of drug-likeness (QED) is 0.837. The highest BCUT2D eigenvalue weighted by Crippen LogP contribution is 2.29. The maximum atomic E-state index is 13.2. The summed E-state index contributed by atoms with van der Waals surface area (Å²) in [5.74, 6) is 0.418. The van der Waals surface area contributed by atoms with E-state index in [1.165, 1.54) is 19.2 Å². The molecule has 0 aromatic heterocycles. The van der Waals surface area contributed by atoms with Gasteiger partial charge in [-0.3, -0.25) is 4.79 Å². The first-order valence-electron chi connectivity index (χ1n) is 6.52. The first-order valence-corrected chi connectivity index (χ1v) is 6.52. The lowest BCUT2D eigenvalue weighted by atomic mass is 10.2. The van der Waals surface area contributed by atoms with Gasteiger partial charge in [-0.1, -0.05) is 6.92 Å². The minimum absolute atomic E-state index is 0.186. The number of ether oxygens (including phenoxy) is 1. The number of carbonyl (C=O) groups is 1. The average Bonchev–Trinajstić information content (AvgIpc) is 2.46. The topological polar surface area (TPSA) is 32.8 Å². The van der Waals surface area contributed by atoms with Crippen LogP contribution in [-0.4, -0.2) is 44.1 Å². The molecule has 0 saturated carbocycles. The second-order valence-corrected chi connectivity index (χ2v) is 4.54. The van der Waals surface area contributed by atoms with Crippen LogP contribution in [0.3, 0.4) is 0 Å². The summed E-state index contributed by atoms with van der Waals surface area (Å²) in [6.07, 6.45) is 0.542. The maximum Gasteiger partial charge on any atom is 0.222 e. The van der Waals surface area contributed by atoms with Gasteiger partial charge in [-0.15, -0.1) is 0 Å². The van der Waals surface area contributed by atoms with E-state index in [0.717, 1.165) is 18.8 Å². The summed E-state index contributed by atoms with van der Waals surface area (Å²) in [7, 11) is 1.54. The highest BCUT2D eigenvalue weighted by Gasteiger charge is 2.22. The Labute approximate surface area is 112 Å². The van der Waals surface area contributed by atoms with Crippen LogP contribution in [0.2, 0.25) is 0 Å². The van der Waals surface area contributed by atoms with Crippen LogP contribution in [0.15, 0.2) is 18.2 Å². The fourth-order valence-electron chi connectivity index (χ4n) is 2.33. The Bertz CT molecular complexity index is 457. The van der Waals surface area contributed by atoms with E-state index >= 15 is 0 Å². The molecule has 0 spiro atoms. The summed E-state index contributed by atoms with van der Waals surface area (Å²) in [6.45, 7) is 4.76. The first-order chi connectivity index (χ1) is 9.15. The number of methoxy groups -OCH3 is 1. The maximum absolute atomic E-state index is 13.2. The van der Waals surface area contributed by atoms with Crippen molar-refractivity contribution in [2.75, 3.05) is 38.2 Å². The van der Waals surface area contributed by atoms with E-state index in [0.29, 0.717) is 25.3 Å². The highest BCUT2D eigenvalue weighted by atomic mass is 19.1. The molecule has 0 bridgehead atoms. The summed E-state index contributed by atoms with van der Waals surface area (Å²) in [6, 6.07) is 4.55. The molecule has 1 heterocycles. The Morgan fingerprint density at radius 1 is 1.32 bits per heavy atom. The van der Waals surface area contributed by atoms with Crippen LogP contribution in [0, 0.1) is 5.82 Å². The largest absolute Gasteiger partial charge is 0.494 e. The van der Waals surface area contributed by atoms with Gasteiger partial charge in [-0.05, 0) is 12.1 Å². The Hall–Kier alpha value is -1.78. The summed E-state index contributed by atoms with van der Waals surface area (Å²) in [4.78, 5) is 15.6. The van der Waals surface area contributed by atoms with Crippen molar-refractivity contribution in [2.24, 2.45) is 0 Å². The molecule has 104 valence electrons. The lowest BCUT2D eigenvalue weighted by Crippen LogP contribution is -2.48. The summed E-state index contributed by atoms with van der Waals surface area (Å²) in [5, 5.41) is 0. The molecule has 0 unspecified atom stereocenters. The predicted molar refractivity (Wildman–Crippen MR) is 72.0 cm³/mol. The van der Waals surface area contributed by atoms with E-state index in [4.69, 9.17) is 4.74 Å². The zero-order valence-electron chi connectivity index (χ0n) is 11.4. The van der Waals surface area contributed by atoms with E-state index in [-0.39, 0.29) is 11.7 Å². The molecule has 2 rings (SSSR count). The third-order valence-electron chi connectivity index (χ3n) is 3.42. The van der Waals surface area contributed by atoms with Gasteiger partial charge < -0.3 is 14.5 Å². The van der Waals surface area contributed by atoms with Gasteiger partial charge in [0.05, 0.1) is 12.8 Å². The molecule has 0 aliphatic carbocycles. The fourth-order valence-corrected chi connectivity index (χ4v) is 2.33. The third-order valence-corrected chi connectivity index (χ3v) is 3.42. The van der Waals surface area contributed by atoms with Gasteiger partial charge in [-0.25, -0.2) is 4.39 Å². The zero-order chi connectivity index (χ0) is 13.8. The lowest BCUT2D eigenvalue weighted by Gasteiger charge is -2.36. The molecular weight excluding hydrogens is 247 g/mol. The smallest absolute Gasteiger partial charge is 0.222 e. The molecule has 0 N–H and O–H groups in total. The van der Waals surface area contributed by atoms with Crippen molar-refractivity contribution in [1.82, 2.24) is 4.90 Å². The monoisotopic (exact) mass is 266 g/mol. The molecule has 5 heteroatoms. The molecule has 1 amide bonds. The minimum Gasteiger partial charge on any atom is -0.494 e. The van der Waals surface area contributed by atoms with Crippen molar-refractivity contribution in [2.45, 2.75) is 13.3 Å². The number of nitrogens with zero attached hydrogens (tertiary/aromatic N) is 2. The van der Waals surface area contributed by atoms with E-state index in [9.17, 15) is 9.18 Å². The van der Waals surface area contributed by atoms with Crippen molar-refractivity contribution in [3.8, 4) is 5.75 Å². The van der Waals surface area contributed by atoms with E-state index < -0.39 is 0 Å². The number of hydrogen-bond donors (Lipinski definition) is 0. The van der Waals surface area contributed by atoms with Crippen LogP contribution < -0.4 is 9.64 Å². The molecule has 4 nitrogen and oxygen atoms in total. The lowest BCUT2D eigenvalue weighted by molar-refractivity contribution is -0.131. The average molecular weight is 266 g/mol. The van der Waals surface area contributed by atoms with Gasteiger partial charge in [0.25, 0.3) is 0 Å². The molecule has 1 aliphatic heterocycles. The molecule has 1 aliphatic rings. The number of piperazine rings is 1.